The van der Waals surface area contributed by atoms with E-state index in [4.69, 9.17) is 5.11 Å². The molecule has 0 aromatic rings. The third kappa shape index (κ3) is 1.71. The van der Waals surface area contributed by atoms with E-state index >= 15 is 0 Å². The van der Waals surface area contributed by atoms with E-state index in [9.17, 15) is 4.79 Å². The van der Waals surface area contributed by atoms with Gasteiger partial charge < -0.3 is 10.0 Å². The number of hydrogen-bond acceptors (Lipinski definition) is 2. The fourth-order valence-corrected chi connectivity index (χ4v) is 1.39. The number of aliphatic carboxylic acids is 1. The molecule has 3 heteroatoms. The SMILES string of the molecule is CCN1CC(C(C)C(=O)O)C1. The normalized spacial score (nSPS) is 22.7. The Bertz CT molecular complexity index is 152. The van der Waals surface area contributed by atoms with Crippen LogP contribution in [-0.2, 0) is 4.79 Å². The zero-order valence-corrected chi connectivity index (χ0v) is 7.08. The molecule has 0 aromatic carbocycles. The summed E-state index contributed by atoms with van der Waals surface area (Å²) in [5, 5.41) is 8.66. The molecule has 3 nitrogen and oxygen atoms in total. The van der Waals surface area contributed by atoms with Gasteiger partial charge in [0, 0.05) is 13.1 Å². The quantitative estimate of drug-likeness (QED) is 0.654. The van der Waals surface area contributed by atoms with E-state index in [2.05, 4.69) is 11.8 Å². The van der Waals surface area contributed by atoms with Crippen molar-refractivity contribution in [2.45, 2.75) is 13.8 Å². The summed E-state index contributed by atoms with van der Waals surface area (Å²) in [6, 6.07) is 0. The van der Waals surface area contributed by atoms with Crippen LogP contribution in [0, 0.1) is 11.8 Å². The monoisotopic (exact) mass is 157 g/mol. The molecule has 0 radical (unpaired) electrons. The largest absolute Gasteiger partial charge is 0.481 e. The Hall–Kier alpha value is -0.570. The Morgan fingerprint density at radius 1 is 1.73 bits per heavy atom. The van der Waals surface area contributed by atoms with Crippen molar-refractivity contribution in [3.05, 3.63) is 0 Å². The lowest BCUT2D eigenvalue weighted by molar-refractivity contribution is -0.145. The van der Waals surface area contributed by atoms with Crippen LogP contribution in [0.5, 0.6) is 0 Å². The van der Waals surface area contributed by atoms with Gasteiger partial charge in [-0.05, 0) is 12.5 Å². The van der Waals surface area contributed by atoms with Crippen LogP contribution >= 0.6 is 0 Å². The molecule has 0 amide bonds. The molecule has 1 heterocycles. The summed E-state index contributed by atoms with van der Waals surface area (Å²) in [7, 11) is 0. The average Bonchev–Trinajstić information content (AvgIpc) is 1.85. The predicted molar refractivity (Wildman–Crippen MR) is 42.4 cm³/mol. The van der Waals surface area contributed by atoms with Crippen molar-refractivity contribution in [2.75, 3.05) is 19.6 Å². The van der Waals surface area contributed by atoms with Gasteiger partial charge in [0.2, 0.25) is 0 Å². The Morgan fingerprint density at radius 3 is 2.64 bits per heavy atom. The van der Waals surface area contributed by atoms with Crippen molar-refractivity contribution in [1.82, 2.24) is 4.90 Å². The Balaban J connectivity index is 2.26. The van der Waals surface area contributed by atoms with Crippen LogP contribution in [0.1, 0.15) is 13.8 Å². The molecule has 11 heavy (non-hydrogen) atoms. The maximum atomic E-state index is 10.5. The number of carboxylic acids is 1. The molecule has 64 valence electrons. The number of carbonyl (C=O) groups is 1. The van der Waals surface area contributed by atoms with Gasteiger partial charge in [-0.25, -0.2) is 0 Å². The molecule has 0 saturated carbocycles. The van der Waals surface area contributed by atoms with Gasteiger partial charge in [-0.15, -0.1) is 0 Å². The number of hydrogen-bond donors (Lipinski definition) is 1. The first kappa shape index (κ1) is 8.53. The molecule has 1 aliphatic rings. The van der Waals surface area contributed by atoms with Gasteiger partial charge in [0.1, 0.15) is 0 Å². The van der Waals surface area contributed by atoms with E-state index in [0.717, 1.165) is 19.6 Å². The molecule has 0 aromatic heterocycles. The van der Waals surface area contributed by atoms with Crippen molar-refractivity contribution >= 4 is 5.97 Å². The minimum Gasteiger partial charge on any atom is -0.481 e. The molecule has 1 fully saturated rings. The molecule has 0 aliphatic carbocycles. The molecule has 1 rings (SSSR count). The van der Waals surface area contributed by atoms with Gasteiger partial charge in [-0.3, -0.25) is 4.79 Å². The lowest BCUT2D eigenvalue weighted by Gasteiger charge is -2.40. The van der Waals surface area contributed by atoms with Crippen molar-refractivity contribution in [2.24, 2.45) is 11.8 Å². The van der Waals surface area contributed by atoms with E-state index in [1.807, 2.05) is 0 Å². The first-order valence-electron chi connectivity index (χ1n) is 4.10. The van der Waals surface area contributed by atoms with Crippen molar-refractivity contribution < 1.29 is 9.90 Å². The van der Waals surface area contributed by atoms with Crippen LogP contribution in [0.15, 0.2) is 0 Å². The van der Waals surface area contributed by atoms with Crippen LogP contribution in [0.3, 0.4) is 0 Å². The molecule has 1 N–H and O–H groups in total. The number of nitrogens with zero attached hydrogens (tertiary/aromatic N) is 1. The van der Waals surface area contributed by atoms with Crippen LogP contribution < -0.4 is 0 Å². The minimum absolute atomic E-state index is 0.169. The number of carboxylic acid groups (broad SMARTS) is 1. The Labute approximate surface area is 67.0 Å². The molecule has 1 unspecified atom stereocenters. The van der Waals surface area contributed by atoms with Gasteiger partial charge in [-0.1, -0.05) is 13.8 Å². The molecular weight excluding hydrogens is 142 g/mol. The van der Waals surface area contributed by atoms with E-state index in [1.54, 1.807) is 6.92 Å². The molecule has 1 saturated heterocycles. The second-order valence-corrected chi connectivity index (χ2v) is 3.24. The summed E-state index contributed by atoms with van der Waals surface area (Å²) in [6.07, 6.45) is 0. The van der Waals surface area contributed by atoms with E-state index in [0.29, 0.717) is 5.92 Å². The lowest BCUT2D eigenvalue weighted by Crippen LogP contribution is -2.50. The number of rotatable bonds is 3. The van der Waals surface area contributed by atoms with Gasteiger partial charge in [-0.2, -0.15) is 0 Å². The van der Waals surface area contributed by atoms with Gasteiger partial charge in [0.15, 0.2) is 0 Å². The predicted octanol–water partition coefficient (Wildman–Crippen LogP) is 0.659. The van der Waals surface area contributed by atoms with Crippen LogP contribution in [0.2, 0.25) is 0 Å². The van der Waals surface area contributed by atoms with Crippen LogP contribution in [0.4, 0.5) is 0 Å². The van der Waals surface area contributed by atoms with Gasteiger partial charge in [0.05, 0.1) is 5.92 Å². The smallest absolute Gasteiger partial charge is 0.306 e. The zero-order chi connectivity index (χ0) is 8.43. The highest BCUT2D eigenvalue weighted by Gasteiger charge is 2.33. The first-order chi connectivity index (χ1) is 5.15. The Morgan fingerprint density at radius 2 is 2.27 bits per heavy atom. The van der Waals surface area contributed by atoms with Crippen molar-refractivity contribution in [3.63, 3.8) is 0 Å². The molecule has 1 aliphatic heterocycles. The third-order valence-electron chi connectivity index (χ3n) is 2.53. The van der Waals surface area contributed by atoms with Crippen LogP contribution in [0.25, 0.3) is 0 Å². The first-order valence-corrected chi connectivity index (χ1v) is 4.10. The average molecular weight is 157 g/mol. The van der Waals surface area contributed by atoms with Crippen molar-refractivity contribution in [1.29, 1.82) is 0 Å². The highest BCUT2D eigenvalue weighted by Crippen LogP contribution is 2.23. The standard InChI is InChI=1S/C8H15NO2/c1-3-9-4-7(5-9)6(2)8(10)11/h6-7H,3-5H2,1-2H3,(H,10,11). The second-order valence-electron chi connectivity index (χ2n) is 3.24. The molecule has 0 spiro atoms. The fraction of sp³-hybridized carbons (Fsp3) is 0.875. The molecular formula is C8H15NO2. The van der Waals surface area contributed by atoms with E-state index in [1.165, 1.54) is 0 Å². The summed E-state index contributed by atoms with van der Waals surface area (Å²) >= 11 is 0. The summed E-state index contributed by atoms with van der Waals surface area (Å²) in [5.74, 6) is -0.448. The van der Waals surface area contributed by atoms with Gasteiger partial charge in [0.25, 0.3) is 0 Å². The summed E-state index contributed by atoms with van der Waals surface area (Å²) < 4.78 is 0. The fourth-order valence-electron chi connectivity index (χ4n) is 1.39. The van der Waals surface area contributed by atoms with Crippen molar-refractivity contribution in [3.8, 4) is 0 Å². The van der Waals surface area contributed by atoms with E-state index < -0.39 is 5.97 Å². The molecule has 0 bridgehead atoms. The topological polar surface area (TPSA) is 40.5 Å². The summed E-state index contributed by atoms with van der Waals surface area (Å²) in [4.78, 5) is 12.8. The highest BCUT2D eigenvalue weighted by molar-refractivity contribution is 5.70. The molecule has 1 atom stereocenters. The summed E-state index contributed by atoms with van der Waals surface area (Å²) in [6.45, 7) is 6.86. The summed E-state index contributed by atoms with van der Waals surface area (Å²) in [5.41, 5.74) is 0. The van der Waals surface area contributed by atoms with Gasteiger partial charge >= 0.3 is 5.97 Å². The Kier molecular flexibility index (Phi) is 2.49. The third-order valence-corrected chi connectivity index (χ3v) is 2.53. The second kappa shape index (κ2) is 3.22. The highest BCUT2D eigenvalue weighted by atomic mass is 16.4. The van der Waals surface area contributed by atoms with Crippen LogP contribution in [-0.4, -0.2) is 35.6 Å². The van der Waals surface area contributed by atoms with E-state index in [-0.39, 0.29) is 5.92 Å². The zero-order valence-electron chi connectivity index (χ0n) is 7.08. The minimum atomic E-state index is -0.661. The maximum Gasteiger partial charge on any atom is 0.306 e. The maximum absolute atomic E-state index is 10.5. The lowest BCUT2D eigenvalue weighted by atomic mass is 9.87. The number of likely N-dealkylation sites (tertiary alicyclic amines) is 1.